The SMILES string of the molecule is CNC1CCCCCC1c1ccc(OC)cc1F. The van der Waals surface area contributed by atoms with Crippen LogP contribution < -0.4 is 10.1 Å². The van der Waals surface area contributed by atoms with E-state index in [1.54, 1.807) is 7.11 Å². The van der Waals surface area contributed by atoms with Crippen LogP contribution in [0.3, 0.4) is 0 Å². The van der Waals surface area contributed by atoms with Gasteiger partial charge in [0, 0.05) is 18.0 Å². The molecule has 100 valence electrons. The molecule has 3 heteroatoms. The van der Waals surface area contributed by atoms with E-state index in [2.05, 4.69) is 5.32 Å². The molecule has 0 aromatic heterocycles. The van der Waals surface area contributed by atoms with Gasteiger partial charge in [0.05, 0.1) is 7.11 Å². The van der Waals surface area contributed by atoms with Crippen molar-refractivity contribution in [3.05, 3.63) is 29.6 Å². The highest BCUT2D eigenvalue weighted by Crippen LogP contribution is 2.34. The third-order valence-electron chi connectivity index (χ3n) is 3.99. The highest BCUT2D eigenvalue weighted by molar-refractivity contribution is 5.32. The van der Waals surface area contributed by atoms with E-state index in [1.807, 2.05) is 19.2 Å². The fourth-order valence-corrected chi connectivity index (χ4v) is 2.96. The standard InChI is InChI=1S/C15H22FNO/c1-17-15-7-5-3-4-6-13(15)12-9-8-11(18-2)10-14(12)16/h8-10,13,15,17H,3-7H2,1-2H3. The fourth-order valence-electron chi connectivity index (χ4n) is 2.96. The third-order valence-corrected chi connectivity index (χ3v) is 3.99. The molecule has 1 aliphatic carbocycles. The number of nitrogens with one attached hydrogen (secondary N) is 1. The van der Waals surface area contributed by atoms with Crippen LogP contribution in [-0.2, 0) is 0 Å². The van der Waals surface area contributed by atoms with E-state index < -0.39 is 0 Å². The summed E-state index contributed by atoms with van der Waals surface area (Å²) in [5, 5.41) is 3.35. The summed E-state index contributed by atoms with van der Waals surface area (Å²) in [6.07, 6.45) is 5.88. The Morgan fingerprint density at radius 1 is 1.22 bits per heavy atom. The number of likely N-dealkylation sites (N-methyl/N-ethyl adjacent to an activating group) is 1. The molecule has 0 spiro atoms. The topological polar surface area (TPSA) is 21.3 Å². The quantitative estimate of drug-likeness (QED) is 0.831. The lowest BCUT2D eigenvalue weighted by molar-refractivity contribution is 0.403. The van der Waals surface area contributed by atoms with Crippen LogP contribution in [0.15, 0.2) is 18.2 Å². The Balaban J connectivity index is 2.27. The molecule has 1 saturated carbocycles. The first-order valence-electron chi connectivity index (χ1n) is 6.77. The number of rotatable bonds is 3. The normalized spacial score (nSPS) is 24.6. The van der Waals surface area contributed by atoms with Gasteiger partial charge in [0.1, 0.15) is 11.6 Å². The van der Waals surface area contributed by atoms with Crippen LogP contribution >= 0.6 is 0 Å². The first kappa shape index (κ1) is 13.3. The van der Waals surface area contributed by atoms with Gasteiger partial charge in [-0.2, -0.15) is 0 Å². The largest absolute Gasteiger partial charge is 0.497 e. The molecule has 0 aliphatic heterocycles. The fraction of sp³-hybridized carbons (Fsp3) is 0.600. The Kier molecular flexibility index (Phi) is 4.59. The van der Waals surface area contributed by atoms with E-state index in [4.69, 9.17) is 4.74 Å². The monoisotopic (exact) mass is 251 g/mol. The van der Waals surface area contributed by atoms with Crippen molar-refractivity contribution in [1.29, 1.82) is 0 Å². The highest BCUT2D eigenvalue weighted by atomic mass is 19.1. The van der Waals surface area contributed by atoms with Gasteiger partial charge in [-0.15, -0.1) is 0 Å². The summed E-state index contributed by atoms with van der Waals surface area (Å²) >= 11 is 0. The van der Waals surface area contributed by atoms with E-state index in [-0.39, 0.29) is 11.7 Å². The molecule has 2 unspecified atom stereocenters. The second-order valence-corrected chi connectivity index (χ2v) is 5.03. The Hall–Kier alpha value is -1.09. The Bertz CT molecular complexity index is 394. The molecule has 1 aromatic carbocycles. The van der Waals surface area contributed by atoms with Crippen molar-refractivity contribution >= 4 is 0 Å². The lowest BCUT2D eigenvalue weighted by atomic mass is 9.87. The minimum Gasteiger partial charge on any atom is -0.497 e. The predicted octanol–water partition coefficient (Wildman–Crippen LogP) is 3.47. The number of hydrogen-bond donors (Lipinski definition) is 1. The molecule has 0 radical (unpaired) electrons. The molecule has 2 nitrogen and oxygen atoms in total. The van der Waals surface area contributed by atoms with Crippen molar-refractivity contribution in [2.45, 2.75) is 44.1 Å². The zero-order valence-electron chi connectivity index (χ0n) is 11.2. The summed E-state index contributed by atoms with van der Waals surface area (Å²) < 4.78 is 19.2. The van der Waals surface area contributed by atoms with Gasteiger partial charge < -0.3 is 10.1 Å². The molecule has 1 N–H and O–H groups in total. The van der Waals surface area contributed by atoms with E-state index in [0.717, 1.165) is 18.4 Å². The number of methoxy groups -OCH3 is 1. The number of halogens is 1. The molecule has 2 rings (SSSR count). The lowest BCUT2D eigenvalue weighted by Gasteiger charge is -2.25. The van der Waals surface area contributed by atoms with Gasteiger partial charge in [-0.1, -0.05) is 25.3 Å². The number of benzene rings is 1. The molecule has 0 heterocycles. The van der Waals surface area contributed by atoms with Crippen molar-refractivity contribution in [3.63, 3.8) is 0 Å². The third kappa shape index (κ3) is 2.83. The average molecular weight is 251 g/mol. The molecule has 2 atom stereocenters. The minimum atomic E-state index is -0.137. The summed E-state index contributed by atoms with van der Waals surface area (Å²) in [6.45, 7) is 0. The van der Waals surface area contributed by atoms with Gasteiger partial charge in [-0.3, -0.25) is 0 Å². The van der Waals surface area contributed by atoms with Gasteiger partial charge >= 0.3 is 0 Å². The molecule has 1 fully saturated rings. The first-order valence-corrected chi connectivity index (χ1v) is 6.77. The van der Waals surface area contributed by atoms with Crippen LogP contribution in [0, 0.1) is 5.82 Å². The smallest absolute Gasteiger partial charge is 0.130 e. The first-order chi connectivity index (χ1) is 8.76. The van der Waals surface area contributed by atoms with Crippen LogP contribution in [0.2, 0.25) is 0 Å². The summed E-state index contributed by atoms with van der Waals surface area (Å²) in [5.41, 5.74) is 0.831. The summed E-state index contributed by atoms with van der Waals surface area (Å²) in [6, 6.07) is 5.62. The second-order valence-electron chi connectivity index (χ2n) is 5.03. The van der Waals surface area contributed by atoms with Crippen molar-refractivity contribution in [2.24, 2.45) is 0 Å². The molecule has 18 heavy (non-hydrogen) atoms. The Morgan fingerprint density at radius 2 is 2.00 bits per heavy atom. The maximum Gasteiger partial charge on any atom is 0.130 e. The van der Waals surface area contributed by atoms with Gasteiger partial charge in [0.15, 0.2) is 0 Å². The van der Waals surface area contributed by atoms with E-state index in [0.29, 0.717) is 11.8 Å². The zero-order valence-corrected chi connectivity index (χ0v) is 11.2. The molecule has 0 bridgehead atoms. The van der Waals surface area contributed by atoms with Gasteiger partial charge in [-0.05, 0) is 31.5 Å². The van der Waals surface area contributed by atoms with Crippen LogP contribution in [0.4, 0.5) is 4.39 Å². The summed E-state index contributed by atoms with van der Waals surface area (Å²) in [4.78, 5) is 0. The molecule has 0 amide bonds. The molecule has 0 saturated heterocycles. The van der Waals surface area contributed by atoms with E-state index in [1.165, 1.54) is 25.3 Å². The maximum absolute atomic E-state index is 14.2. The van der Waals surface area contributed by atoms with Crippen LogP contribution in [0.5, 0.6) is 5.75 Å². The zero-order chi connectivity index (χ0) is 13.0. The highest BCUT2D eigenvalue weighted by Gasteiger charge is 2.26. The molecular formula is C15H22FNO. The number of hydrogen-bond acceptors (Lipinski definition) is 2. The van der Waals surface area contributed by atoms with E-state index >= 15 is 0 Å². The predicted molar refractivity (Wildman–Crippen MR) is 71.6 cm³/mol. The van der Waals surface area contributed by atoms with Crippen LogP contribution in [0.25, 0.3) is 0 Å². The van der Waals surface area contributed by atoms with Gasteiger partial charge in [0.25, 0.3) is 0 Å². The molecule has 1 aliphatic rings. The van der Waals surface area contributed by atoms with Crippen LogP contribution in [0.1, 0.15) is 43.6 Å². The van der Waals surface area contributed by atoms with Crippen LogP contribution in [-0.4, -0.2) is 20.2 Å². The van der Waals surface area contributed by atoms with Gasteiger partial charge in [0.2, 0.25) is 0 Å². The van der Waals surface area contributed by atoms with Gasteiger partial charge in [-0.25, -0.2) is 4.39 Å². The van der Waals surface area contributed by atoms with Crippen molar-refractivity contribution in [1.82, 2.24) is 5.32 Å². The molecular weight excluding hydrogens is 229 g/mol. The molecule has 1 aromatic rings. The van der Waals surface area contributed by atoms with Crippen molar-refractivity contribution in [3.8, 4) is 5.75 Å². The van der Waals surface area contributed by atoms with Crippen molar-refractivity contribution in [2.75, 3.05) is 14.2 Å². The summed E-state index contributed by atoms with van der Waals surface area (Å²) in [7, 11) is 3.54. The minimum absolute atomic E-state index is 0.137. The summed E-state index contributed by atoms with van der Waals surface area (Å²) in [5.74, 6) is 0.732. The average Bonchev–Trinajstić information content (AvgIpc) is 2.63. The Labute approximate surface area is 109 Å². The maximum atomic E-state index is 14.2. The Morgan fingerprint density at radius 3 is 2.67 bits per heavy atom. The number of ether oxygens (including phenoxy) is 1. The van der Waals surface area contributed by atoms with Crippen molar-refractivity contribution < 1.29 is 9.13 Å². The second kappa shape index (κ2) is 6.19. The van der Waals surface area contributed by atoms with E-state index in [9.17, 15) is 4.39 Å². The lowest BCUT2D eigenvalue weighted by Crippen LogP contribution is -2.31.